The summed E-state index contributed by atoms with van der Waals surface area (Å²) in [7, 11) is 0. The maximum absolute atomic E-state index is 13.0. The van der Waals surface area contributed by atoms with Crippen molar-refractivity contribution in [3.8, 4) is 0 Å². The summed E-state index contributed by atoms with van der Waals surface area (Å²) in [4.78, 5) is 29.9. The molecule has 30 heavy (non-hydrogen) atoms. The first-order chi connectivity index (χ1) is 14.6. The SMILES string of the molecule is Cc1ccc(Cc2nn3c(=O)c(=Cc4cccc5ccccc45)sc3nc2=O)cc1. The highest BCUT2D eigenvalue weighted by Crippen LogP contribution is 2.19. The lowest BCUT2D eigenvalue weighted by Crippen LogP contribution is -2.28. The molecule has 0 N–H and O–H groups in total. The molecule has 0 unspecified atom stereocenters. The maximum Gasteiger partial charge on any atom is 0.296 e. The number of nitrogens with zero attached hydrogens (tertiary/aromatic N) is 3. The molecule has 2 heterocycles. The Labute approximate surface area is 175 Å². The van der Waals surface area contributed by atoms with Gasteiger partial charge in [0.1, 0.15) is 5.69 Å². The summed E-state index contributed by atoms with van der Waals surface area (Å²) >= 11 is 1.18. The van der Waals surface area contributed by atoms with Crippen LogP contribution < -0.4 is 15.7 Å². The second-order valence-corrected chi connectivity index (χ2v) is 8.21. The van der Waals surface area contributed by atoms with Gasteiger partial charge in [-0.15, -0.1) is 0 Å². The van der Waals surface area contributed by atoms with E-state index in [1.165, 1.54) is 15.9 Å². The molecule has 3 aromatic carbocycles. The maximum atomic E-state index is 13.0. The highest BCUT2D eigenvalue weighted by Gasteiger charge is 2.12. The largest absolute Gasteiger partial charge is 0.296 e. The van der Waals surface area contributed by atoms with Gasteiger partial charge in [-0.2, -0.15) is 14.6 Å². The Bertz CT molecular complexity index is 1560. The first kappa shape index (κ1) is 18.4. The smallest absolute Gasteiger partial charge is 0.266 e. The Morgan fingerprint density at radius 3 is 2.57 bits per heavy atom. The third-order valence-corrected chi connectivity index (χ3v) is 6.01. The van der Waals surface area contributed by atoms with Crippen molar-refractivity contribution in [1.29, 1.82) is 0 Å². The van der Waals surface area contributed by atoms with E-state index in [9.17, 15) is 9.59 Å². The molecule has 6 heteroatoms. The fraction of sp³-hybridized carbons (Fsp3) is 0.0833. The van der Waals surface area contributed by atoms with Crippen LogP contribution in [-0.4, -0.2) is 14.6 Å². The number of hydrogen-bond acceptors (Lipinski definition) is 5. The number of hydrogen-bond donors (Lipinski definition) is 0. The minimum Gasteiger partial charge on any atom is -0.266 e. The van der Waals surface area contributed by atoms with Crippen LogP contribution >= 0.6 is 11.3 Å². The summed E-state index contributed by atoms with van der Waals surface area (Å²) in [6, 6.07) is 21.9. The van der Waals surface area contributed by atoms with E-state index >= 15 is 0 Å². The van der Waals surface area contributed by atoms with E-state index in [1.54, 1.807) is 0 Å². The van der Waals surface area contributed by atoms with E-state index in [0.717, 1.165) is 27.5 Å². The monoisotopic (exact) mass is 411 g/mol. The summed E-state index contributed by atoms with van der Waals surface area (Å²) in [5.74, 6) is 0. The van der Waals surface area contributed by atoms with Crippen LogP contribution in [0.2, 0.25) is 0 Å². The van der Waals surface area contributed by atoms with Crippen LogP contribution in [0.1, 0.15) is 22.4 Å². The molecule has 2 aromatic heterocycles. The minimum absolute atomic E-state index is 0.263. The molecular weight excluding hydrogens is 394 g/mol. The predicted octanol–water partition coefficient (Wildman–Crippen LogP) is 3.11. The van der Waals surface area contributed by atoms with Crippen molar-refractivity contribution in [2.45, 2.75) is 13.3 Å². The minimum atomic E-state index is -0.395. The lowest BCUT2D eigenvalue weighted by Gasteiger charge is -2.01. The van der Waals surface area contributed by atoms with Gasteiger partial charge in [0.05, 0.1) is 4.53 Å². The second-order valence-electron chi connectivity index (χ2n) is 7.20. The van der Waals surface area contributed by atoms with Crippen molar-refractivity contribution >= 4 is 33.1 Å². The standard InChI is InChI=1S/C24H17N3O2S/c1-15-9-11-16(12-10-15)13-20-22(28)25-24-27(26-20)23(29)21(30-24)14-18-7-4-6-17-5-2-3-8-19(17)18/h2-12,14H,13H2,1H3. The first-order valence-electron chi connectivity index (χ1n) is 9.56. The quantitative estimate of drug-likeness (QED) is 0.458. The van der Waals surface area contributed by atoms with Gasteiger partial charge in [0.15, 0.2) is 0 Å². The third-order valence-electron chi connectivity index (χ3n) is 5.05. The van der Waals surface area contributed by atoms with E-state index in [4.69, 9.17) is 0 Å². The van der Waals surface area contributed by atoms with Gasteiger partial charge in [-0.1, -0.05) is 83.6 Å². The number of fused-ring (bicyclic) bond motifs is 2. The van der Waals surface area contributed by atoms with E-state index in [1.807, 2.05) is 79.7 Å². The topological polar surface area (TPSA) is 64.3 Å². The highest BCUT2D eigenvalue weighted by molar-refractivity contribution is 7.15. The molecule has 0 bridgehead atoms. The summed E-state index contributed by atoms with van der Waals surface area (Å²) in [6.07, 6.45) is 2.18. The first-order valence-corrected chi connectivity index (χ1v) is 10.4. The Kier molecular flexibility index (Phi) is 4.48. The zero-order valence-corrected chi connectivity index (χ0v) is 17.0. The second kappa shape index (κ2) is 7.31. The molecule has 0 saturated carbocycles. The van der Waals surface area contributed by atoms with Crippen molar-refractivity contribution in [3.63, 3.8) is 0 Å². The van der Waals surface area contributed by atoms with Crippen molar-refractivity contribution in [3.05, 3.63) is 114 Å². The van der Waals surface area contributed by atoms with Gasteiger partial charge in [0.25, 0.3) is 11.1 Å². The molecule has 0 spiro atoms. The Hall–Kier alpha value is -3.64. The van der Waals surface area contributed by atoms with Crippen LogP contribution in [0.5, 0.6) is 0 Å². The van der Waals surface area contributed by atoms with Crippen LogP contribution in [0.4, 0.5) is 0 Å². The Balaban J connectivity index is 1.64. The average molecular weight is 411 g/mol. The van der Waals surface area contributed by atoms with Crippen molar-refractivity contribution in [2.24, 2.45) is 0 Å². The van der Waals surface area contributed by atoms with Crippen LogP contribution in [0, 0.1) is 6.92 Å². The molecule has 5 aromatic rings. The zero-order valence-electron chi connectivity index (χ0n) is 16.2. The Morgan fingerprint density at radius 2 is 1.73 bits per heavy atom. The number of aromatic nitrogens is 3. The fourth-order valence-corrected chi connectivity index (χ4v) is 4.36. The van der Waals surface area contributed by atoms with Gasteiger partial charge in [-0.3, -0.25) is 9.59 Å². The molecule has 0 atom stereocenters. The normalized spacial score (nSPS) is 12.1. The predicted molar refractivity (Wildman–Crippen MR) is 120 cm³/mol. The van der Waals surface area contributed by atoms with Gasteiger partial charge >= 0.3 is 0 Å². The number of aryl methyl sites for hydroxylation is 1. The van der Waals surface area contributed by atoms with Crippen LogP contribution in [0.3, 0.4) is 0 Å². The van der Waals surface area contributed by atoms with Crippen molar-refractivity contribution in [2.75, 3.05) is 0 Å². The number of thiazole rings is 1. The molecule has 0 radical (unpaired) electrons. The molecule has 0 aliphatic carbocycles. The van der Waals surface area contributed by atoms with E-state index in [0.29, 0.717) is 15.9 Å². The summed E-state index contributed by atoms with van der Waals surface area (Å²) in [5, 5.41) is 6.50. The van der Waals surface area contributed by atoms with Gasteiger partial charge in [-0.25, -0.2) is 0 Å². The van der Waals surface area contributed by atoms with E-state index in [-0.39, 0.29) is 11.3 Å². The molecule has 0 aliphatic rings. The fourth-order valence-electron chi connectivity index (χ4n) is 3.47. The molecule has 0 saturated heterocycles. The summed E-state index contributed by atoms with van der Waals surface area (Å²) in [6.45, 7) is 2.01. The van der Waals surface area contributed by atoms with E-state index < -0.39 is 5.56 Å². The van der Waals surface area contributed by atoms with Crippen molar-refractivity contribution in [1.82, 2.24) is 14.6 Å². The van der Waals surface area contributed by atoms with Gasteiger partial charge in [-0.05, 0) is 34.9 Å². The Morgan fingerprint density at radius 1 is 0.967 bits per heavy atom. The van der Waals surface area contributed by atoms with Crippen LogP contribution in [0.25, 0.3) is 21.8 Å². The lowest BCUT2D eigenvalue weighted by atomic mass is 10.0. The third kappa shape index (κ3) is 3.31. The van der Waals surface area contributed by atoms with E-state index in [2.05, 4.69) is 10.1 Å². The molecule has 0 fully saturated rings. The van der Waals surface area contributed by atoms with Gasteiger partial charge in [0, 0.05) is 6.42 Å². The average Bonchev–Trinajstić information content (AvgIpc) is 3.04. The van der Waals surface area contributed by atoms with Crippen LogP contribution in [0.15, 0.2) is 76.3 Å². The summed E-state index contributed by atoms with van der Waals surface area (Å²) < 4.78 is 1.74. The molecular formula is C24H17N3O2S. The van der Waals surface area contributed by atoms with Crippen molar-refractivity contribution < 1.29 is 0 Å². The zero-order chi connectivity index (χ0) is 20.7. The summed E-state index contributed by atoms with van der Waals surface area (Å²) in [5.41, 5.74) is 2.65. The highest BCUT2D eigenvalue weighted by atomic mass is 32.1. The molecule has 5 rings (SSSR count). The molecule has 146 valence electrons. The number of benzene rings is 3. The molecule has 5 nitrogen and oxygen atoms in total. The van der Waals surface area contributed by atoms with Gasteiger partial charge < -0.3 is 0 Å². The lowest BCUT2D eigenvalue weighted by molar-refractivity contribution is 0.811. The molecule has 0 amide bonds. The van der Waals surface area contributed by atoms with Crippen LogP contribution in [-0.2, 0) is 6.42 Å². The number of rotatable bonds is 3. The van der Waals surface area contributed by atoms with Gasteiger partial charge in [0.2, 0.25) is 4.96 Å². The molecule has 0 aliphatic heterocycles.